The monoisotopic (exact) mass is 232 g/mol. The number of carboxylic acid groups (broad SMARTS) is 2. The molecule has 0 bridgehead atoms. The van der Waals surface area contributed by atoms with Gasteiger partial charge in [0, 0.05) is 19.9 Å². The maximum atomic E-state index is 11.1. The number of carboxylic acids is 2. The van der Waals surface area contributed by atoms with Gasteiger partial charge in [-0.3, -0.25) is 14.4 Å². The van der Waals surface area contributed by atoms with Crippen molar-refractivity contribution in [1.29, 1.82) is 0 Å². The molecule has 7 nitrogen and oxygen atoms in total. The lowest BCUT2D eigenvalue weighted by molar-refractivity contribution is -0.141. The molecule has 5 N–H and O–H groups in total. The number of nitrogens with one attached hydrogen (secondary N) is 1. The zero-order chi connectivity index (χ0) is 12.7. The number of rotatable bonds is 7. The molecule has 0 aliphatic rings. The highest BCUT2D eigenvalue weighted by molar-refractivity contribution is 5.77. The van der Waals surface area contributed by atoms with Crippen LogP contribution < -0.4 is 11.1 Å². The van der Waals surface area contributed by atoms with Crippen LogP contribution in [-0.4, -0.2) is 41.1 Å². The quantitative estimate of drug-likeness (QED) is 0.446. The molecule has 2 atom stereocenters. The first-order chi connectivity index (χ1) is 7.36. The van der Waals surface area contributed by atoms with Crippen molar-refractivity contribution in [2.75, 3.05) is 7.05 Å². The molecular formula is C9H16N2O5. The zero-order valence-electron chi connectivity index (χ0n) is 8.97. The summed E-state index contributed by atoms with van der Waals surface area (Å²) < 4.78 is 0. The highest BCUT2D eigenvalue weighted by Gasteiger charge is 2.22. The number of nitrogens with two attached hydrogens (primary N) is 1. The lowest BCUT2D eigenvalue weighted by Crippen LogP contribution is -2.34. The summed E-state index contributed by atoms with van der Waals surface area (Å²) in [5.74, 6) is -3.17. The molecule has 1 amide bonds. The van der Waals surface area contributed by atoms with Crippen molar-refractivity contribution in [3.05, 3.63) is 0 Å². The van der Waals surface area contributed by atoms with Crippen LogP contribution in [0.25, 0.3) is 0 Å². The molecule has 0 radical (unpaired) electrons. The predicted octanol–water partition coefficient (Wildman–Crippen LogP) is -0.985. The third-order valence-electron chi connectivity index (χ3n) is 2.12. The molecule has 0 aliphatic carbocycles. The Kier molecular flexibility index (Phi) is 6.09. The van der Waals surface area contributed by atoms with Gasteiger partial charge in [0.15, 0.2) is 0 Å². The van der Waals surface area contributed by atoms with Gasteiger partial charge in [0.1, 0.15) is 6.04 Å². The van der Waals surface area contributed by atoms with Gasteiger partial charge in [-0.25, -0.2) is 0 Å². The van der Waals surface area contributed by atoms with Crippen LogP contribution in [0.1, 0.15) is 19.3 Å². The van der Waals surface area contributed by atoms with Gasteiger partial charge in [0.05, 0.1) is 0 Å². The Morgan fingerprint density at radius 1 is 1.25 bits per heavy atom. The van der Waals surface area contributed by atoms with Gasteiger partial charge in [-0.1, -0.05) is 0 Å². The lowest BCUT2D eigenvalue weighted by atomic mass is 9.93. The van der Waals surface area contributed by atoms with Crippen LogP contribution in [0.4, 0.5) is 0 Å². The molecule has 7 heteroatoms. The Morgan fingerprint density at radius 3 is 2.19 bits per heavy atom. The highest BCUT2D eigenvalue weighted by atomic mass is 16.4. The number of hydrogen-bond acceptors (Lipinski definition) is 4. The van der Waals surface area contributed by atoms with Crippen LogP contribution in [0.15, 0.2) is 0 Å². The predicted molar refractivity (Wildman–Crippen MR) is 54.7 cm³/mol. The summed E-state index contributed by atoms with van der Waals surface area (Å²) in [6.07, 6.45) is -0.340. The first-order valence-corrected chi connectivity index (χ1v) is 4.77. The van der Waals surface area contributed by atoms with E-state index in [1.807, 2.05) is 0 Å². The Morgan fingerprint density at radius 2 is 1.81 bits per heavy atom. The minimum absolute atomic E-state index is 0.0327. The van der Waals surface area contributed by atoms with E-state index in [9.17, 15) is 14.4 Å². The lowest BCUT2D eigenvalue weighted by Gasteiger charge is -2.16. The van der Waals surface area contributed by atoms with E-state index in [1.165, 1.54) is 7.05 Å². The summed E-state index contributed by atoms with van der Waals surface area (Å²) in [7, 11) is 1.43. The molecule has 0 heterocycles. The highest BCUT2D eigenvalue weighted by Crippen LogP contribution is 2.15. The number of hydrogen-bond donors (Lipinski definition) is 4. The third-order valence-corrected chi connectivity index (χ3v) is 2.12. The second-order valence-electron chi connectivity index (χ2n) is 3.52. The van der Waals surface area contributed by atoms with Crippen molar-refractivity contribution in [1.82, 2.24) is 5.32 Å². The van der Waals surface area contributed by atoms with Crippen LogP contribution in [0.3, 0.4) is 0 Å². The molecule has 0 rings (SSSR count). The zero-order valence-corrected chi connectivity index (χ0v) is 8.97. The van der Waals surface area contributed by atoms with E-state index in [4.69, 9.17) is 15.9 Å². The SMILES string of the molecule is CNC(=O)CC(CC(=O)O)CC(N)C(=O)O. The normalized spacial score (nSPS) is 13.9. The van der Waals surface area contributed by atoms with Crippen molar-refractivity contribution in [3.63, 3.8) is 0 Å². The maximum Gasteiger partial charge on any atom is 0.320 e. The van der Waals surface area contributed by atoms with Crippen molar-refractivity contribution < 1.29 is 24.6 Å². The summed E-state index contributed by atoms with van der Waals surface area (Å²) in [5.41, 5.74) is 5.29. The number of aliphatic carboxylic acids is 2. The Balaban J connectivity index is 4.36. The molecule has 16 heavy (non-hydrogen) atoms. The van der Waals surface area contributed by atoms with Gasteiger partial charge in [-0.15, -0.1) is 0 Å². The first kappa shape index (κ1) is 14.4. The number of carbonyl (C=O) groups excluding carboxylic acids is 1. The van der Waals surface area contributed by atoms with Gasteiger partial charge in [0.25, 0.3) is 0 Å². The van der Waals surface area contributed by atoms with Gasteiger partial charge >= 0.3 is 11.9 Å². The van der Waals surface area contributed by atoms with Gasteiger partial charge in [-0.05, 0) is 12.3 Å². The second-order valence-corrected chi connectivity index (χ2v) is 3.52. The van der Waals surface area contributed by atoms with Crippen LogP contribution in [0.2, 0.25) is 0 Å². The molecule has 0 fully saturated rings. The van der Waals surface area contributed by atoms with E-state index in [0.717, 1.165) is 0 Å². The van der Waals surface area contributed by atoms with Crippen molar-refractivity contribution >= 4 is 17.8 Å². The Labute approximate surface area is 92.6 Å². The third kappa shape index (κ3) is 5.97. The van der Waals surface area contributed by atoms with Gasteiger partial charge in [-0.2, -0.15) is 0 Å². The molecule has 0 saturated carbocycles. The van der Waals surface area contributed by atoms with Crippen LogP contribution >= 0.6 is 0 Å². The van der Waals surface area contributed by atoms with E-state index < -0.39 is 23.9 Å². The summed E-state index contributed by atoms with van der Waals surface area (Å²) in [5, 5.41) is 19.5. The summed E-state index contributed by atoms with van der Waals surface area (Å²) >= 11 is 0. The van der Waals surface area contributed by atoms with Gasteiger partial charge in [0.2, 0.25) is 5.91 Å². The smallest absolute Gasteiger partial charge is 0.320 e. The summed E-state index contributed by atoms with van der Waals surface area (Å²) in [6.45, 7) is 0. The minimum Gasteiger partial charge on any atom is -0.481 e. The summed E-state index contributed by atoms with van der Waals surface area (Å²) in [6, 6.07) is -1.14. The van der Waals surface area contributed by atoms with Crippen LogP contribution in [-0.2, 0) is 14.4 Å². The Bertz CT molecular complexity index is 279. The fraction of sp³-hybridized carbons (Fsp3) is 0.667. The standard InChI is InChI=1S/C9H16N2O5/c1-11-7(12)3-5(4-8(13)14)2-6(10)9(15)16/h5-6H,2-4,10H2,1H3,(H,11,12)(H,13,14)(H,15,16). The minimum atomic E-state index is -1.20. The fourth-order valence-electron chi connectivity index (χ4n) is 1.31. The van der Waals surface area contributed by atoms with E-state index in [0.29, 0.717) is 0 Å². The largest absolute Gasteiger partial charge is 0.481 e. The van der Waals surface area contributed by atoms with Crippen LogP contribution in [0.5, 0.6) is 0 Å². The van der Waals surface area contributed by atoms with Gasteiger partial charge < -0.3 is 21.3 Å². The fourth-order valence-corrected chi connectivity index (χ4v) is 1.31. The Hall–Kier alpha value is -1.63. The van der Waals surface area contributed by atoms with Crippen molar-refractivity contribution in [3.8, 4) is 0 Å². The maximum absolute atomic E-state index is 11.1. The molecule has 0 aliphatic heterocycles. The van der Waals surface area contributed by atoms with Crippen LogP contribution in [0, 0.1) is 5.92 Å². The molecule has 0 aromatic carbocycles. The van der Waals surface area contributed by atoms with Crippen molar-refractivity contribution in [2.45, 2.75) is 25.3 Å². The molecule has 0 aromatic heterocycles. The molecular weight excluding hydrogens is 216 g/mol. The molecule has 92 valence electrons. The second kappa shape index (κ2) is 6.78. The average molecular weight is 232 g/mol. The number of amides is 1. The average Bonchev–Trinajstić information content (AvgIpc) is 2.16. The van der Waals surface area contributed by atoms with E-state index in [2.05, 4.69) is 5.32 Å². The molecule has 0 saturated heterocycles. The van der Waals surface area contributed by atoms with E-state index in [1.54, 1.807) is 0 Å². The van der Waals surface area contributed by atoms with E-state index >= 15 is 0 Å². The molecule has 2 unspecified atom stereocenters. The van der Waals surface area contributed by atoms with E-state index in [-0.39, 0.29) is 25.2 Å². The topological polar surface area (TPSA) is 130 Å². The van der Waals surface area contributed by atoms with Crippen molar-refractivity contribution in [2.24, 2.45) is 11.7 Å². The summed E-state index contributed by atoms with van der Waals surface area (Å²) in [4.78, 5) is 32.1. The molecule has 0 spiro atoms. The number of carbonyl (C=O) groups is 3. The first-order valence-electron chi connectivity index (χ1n) is 4.77. The molecule has 0 aromatic rings.